The smallest absolute Gasteiger partial charge is 0.325 e. The number of nitrogens with one attached hydrogen (secondary N) is 1. The summed E-state index contributed by atoms with van der Waals surface area (Å²) in [7, 11) is 0. The summed E-state index contributed by atoms with van der Waals surface area (Å²) >= 11 is 4.20. The van der Waals surface area contributed by atoms with Crippen LogP contribution in [-0.2, 0) is 4.79 Å². The average molecular weight is 230 g/mol. The van der Waals surface area contributed by atoms with Crippen LogP contribution in [0, 0.1) is 0 Å². The van der Waals surface area contributed by atoms with Crippen LogP contribution < -0.4 is 5.32 Å². The molecule has 13 heavy (non-hydrogen) atoms. The second kappa shape index (κ2) is 3.24. The van der Waals surface area contributed by atoms with E-state index in [0.717, 1.165) is 0 Å². The van der Waals surface area contributed by atoms with Gasteiger partial charge in [-0.05, 0) is 0 Å². The number of rotatable bonds is 2. The largest absolute Gasteiger partial charge is 0.434 e. The highest BCUT2D eigenvalue weighted by atomic mass is 35.5. The second-order valence-corrected chi connectivity index (χ2v) is 2.48. The molecule has 0 aliphatic carbocycles. The molecule has 0 aliphatic heterocycles. The lowest BCUT2D eigenvalue weighted by molar-refractivity contribution is -0.274. The minimum atomic E-state index is -5.81. The Morgan fingerprint density at radius 1 is 1.00 bits per heavy atom. The molecule has 0 fully saturated rings. The van der Waals surface area contributed by atoms with Gasteiger partial charge in [-0.2, -0.15) is 26.3 Å². The SMILES string of the molecule is O=CNC(Cl)(C(F)(F)F)C(F)(F)F. The monoisotopic (exact) mass is 229 g/mol. The zero-order chi connectivity index (χ0) is 10.9. The third-order valence-corrected chi connectivity index (χ3v) is 1.58. The van der Waals surface area contributed by atoms with Crippen molar-refractivity contribution in [3.63, 3.8) is 0 Å². The fourth-order valence-corrected chi connectivity index (χ4v) is 0.450. The standard InChI is InChI=1S/C4H2ClF6NO/c5-2(12-1-13,3(6,7)8)4(9,10)11/h1H,(H,12,13). The topological polar surface area (TPSA) is 29.1 Å². The van der Waals surface area contributed by atoms with Crippen molar-refractivity contribution < 1.29 is 31.1 Å². The predicted octanol–water partition coefficient (Wildman–Crippen LogP) is 1.79. The van der Waals surface area contributed by atoms with Crippen LogP contribution in [0.1, 0.15) is 0 Å². The summed E-state index contributed by atoms with van der Waals surface area (Å²) in [5.74, 6) is 0. The van der Waals surface area contributed by atoms with Crippen LogP contribution in [0.4, 0.5) is 26.3 Å². The average Bonchev–Trinajstić information content (AvgIpc) is 1.82. The number of alkyl halides is 7. The van der Waals surface area contributed by atoms with Crippen molar-refractivity contribution in [2.24, 2.45) is 0 Å². The first-order chi connectivity index (χ1) is 5.56. The minimum absolute atomic E-state index is 0.474. The van der Waals surface area contributed by atoms with Gasteiger partial charge < -0.3 is 5.32 Å². The molecule has 0 aromatic carbocycles. The maximum Gasteiger partial charge on any atom is 0.434 e. The first-order valence-electron chi connectivity index (χ1n) is 2.60. The Kier molecular flexibility index (Phi) is 3.08. The van der Waals surface area contributed by atoms with Gasteiger partial charge >= 0.3 is 17.4 Å². The molecule has 1 amide bonds. The van der Waals surface area contributed by atoms with E-state index in [1.807, 2.05) is 0 Å². The zero-order valence-corrected chi connectivity index (χ0v) is 6.39. The summed E-state index contributed by atoms with van der Waals surface area (Å²) in [6.45, 7) is 0. The summed E-state index contributed by atoms with van der Waals surface area (Å²) in [5.41, 5.74) is 0. The molecule has 1 N–H and O–H groups in total. The molecular formula is C4H2ClF6NO. The minimum Gasteiger partial charge on any atom is -0.325 e. The first-order valence-corrected chi connectivity index (χ1v) is 2.98. The highest BCUT2D eigenvalue weighted by molar-refractivity contribution is 6.25. The van der Waals surface area contributed by atoms with Crippen LogP contribution in [0.15, 0.2) is 0 Å². The molecule has 0 radical (unpaired) electrons. The molecule has 0 saturated heterocycles. The Morgan fingerprint density at radius 3 is 1.38 bits per heavy atom. The van der Waals surface area contributed by atoms with Crippen molar-refractivity contribution in [1.29, 1.82) is 0 Å². The molecule has 0 aliphatic rings. The lowest BCUT2D eigenvalue weighted by Gasteiger charge is -2.30. The van der Waals surface area contributed by atoms with Gasteiger partial charge in [-0.25, -0.2) is 0 Å². The van der Waals surface area contributed by atoms with Crippen molar-refractivity contribution in [2.75, 3.05) is 0 Å². The van der Waals surface area contributed by atoms with E-state index in [2.05, 4.69) is 11.6 Å². The van der Waals surface area contributed by atoms with Crippen LogP contribution in [0.5, 0.6) is 0 Å². The fourth-order valence-electron chi connectivity index (χ4n) is 0.406. The molecule has 0 unspecified atom stereocenters. The summed E-state index contributed by atoms with van der Waals surface area (Å²) < 4.78 is 70.3. The molecule has 78 valence electrons. The van der Waals surface area contributed by atoms with Gasteiger partial charge in [0.2, 0.25) is 6.41 Å². The van der Waals surface area contributed by atoms with Gasteiger partial charge in [-0.15, -0.1) is 0 Å². The van der Waals surface area contributed by atoms with Crippen molar-refractivity contribution in [3.05, 3.63) is 0 Å². The van der Waals surface area contributed by atoms with Crippen LogP contribution >= 0.6 is 11.6 Å². The van der Waals surface area contributed by atoms with Gasteiger partial charge in [0.25, 0.3) is 0 Å². The van der Waals surface area contributed by atoms with E-state index < -0.39 is 23.8 Å². The van der Waals surface area contributed by atoms with Gasteiger partial charge in [0.15, 0.2) is 0 Å². The summed E-state index contributed by atoms with van der Waals surface area (Å²) in [6, 6.07) is 0. The Balaban J connectivity index is 5.07. The molecule has 0 bridgehead atoms. The molecule has 0 saturated carbocycles. The normalized spacial score (nSPS) is 14.1. The van der Waals surface area contributed by atoms with E-state index in [4.69, 9.17) is 0 Å². The van der Waals surface area contributed by atoms with Gasteiger partial charge in [-0.1, -0.05) is 11.6 Å². The number of hydrogen-bond donors (Lipinski definition) is 1. The Morgan fingerprint density at radius 2 is 1.31 bits per heavy atom. The number of carbonyl (C=O) groups is 1. The van der Waals surface area contributed by atoms with Crippen molar-refractivity contribution in [1.82, 2.24) is 5.32 Å². The lowest BCUT2D eigenvalue weighted by Crippen LogP contribution is -2.61. The van der Waals surface area contributed by atoms with Gasteiger partial charge in [0, 0.05) is 0 Å². The molecule has 0 aromatic rings. The molecule has 2 nitrogen and oxygen atoms in total. The number of hydrogen-bond acceptors (Lipinski definition) is 1. The van der Waals surface area contributed by atoms with Crippen molar-refractivity contribution in [2.45, 2.75) is 17.4 Å². The van der Waals surface area contributed by atoms with Crippen LogP contribution in [0.2, 0.25) is 0 Å². The van der Waals surface area contributed by atoms with Crippen molar-refractivity contribution >= 4 is 18.0 Å². The fraction of sp³-hybridized carbons (Fsp3) is 0.750. The molecule has 0 atom stereocenters. The molecular weight excluding hydrogens is 227 g/mol. The molecule has 0 heterocycles. The second-order valence-electron chi connectivity index (χ2n) is 1.92. The quantitative estimate of drug-likeness (QED) is 0.333. The number of halogens is 7. The number of amides is 1. The van der Waals surface area contributed by atoms with E-state index in [1.54, 1.807) is 0 Å². The Bertz CT molecular complexity index is 184. The van der Waals surface area contributed by atoms with Crippen LogP contribution in [-0.4, -0.2) is 23.8 Å². The third kappa shape index (κ3) is 2.17. The van der Waals surface area contributed by atoms with E-state index >= 15 is 0 Å². The van der Waals surface area contributed by atoms with Gasteiger partial charge in [0.1, 0.15) is 0 Å². The summed E-state index contributed by atoms with van der Waals surface area (Å²) in [4.78, 5) is 4.80. The Labute approximate surface area is 72.8 Å². The third-order valence-electron chi connectivity index (χ3n) is 1.04. The maximum absolute atomic E-state index is 11.7. The highest BCUT2D eigenvalue weighted by Gasteiger charge is 2.70. The van der Waals surface area contributed by atoms with E-state index in [1.165, 1.54) is 0 Å². The van der Waals surface area contributed by atoms with Crippen LogP contribution in [0.25, 0.3) is 0 Å². The van der Waals surface area contributed by atoms with Crippen LogP contribution in [0.3, 0.4) is 0 Å². The Hall–Kier alpha value is -0.660. The maximum atomic E-state index is 11.7. The molecule has 0 aromatic heterocycles. The molecule has 9 heteroatoms. The first kappa shape index (κ1) is 12.3. The van der Waals surface area contributed by atoms with Crippen molar-refractivity contribution in [3.8, 4) is 0 Å². The lowest BCUT2D eigenvalue weighted by atomic mass is 10.2. The van der Waals surface area contributed by atoms with E-state index in [0.29, 0.717) is 5.32 Å². The highest BCUT2D eigenvalue weighted by Crippen LogP contribution is 2.45. The summed E-state index contributed by atoms with van der Waals surface area (Å²) in [5, 5.41) is 0.474. The molecule has 0 spiro atoms. The van der Waals surface area contributed by atoms with E-state index in [-0.39, 0.29) is 0 Å². The van der Waals surface area contributed by atoms with Gasteiger partial charge in [0.05, 0.1) is 0 Å². The van der Waals surface area contributed by atoms with Gasteiger partial charge in [-0.3, -0.25) is 4.79 Å². The van der Waals surface area contributed by atoms with E-state index in [9.17, 15) is 31.1 Å². The zero-order valence-electron chi connectivity index (χ0n) is 5.63. The number of carbonyl (C=O) groups excluding carboxylic acids is 1. The summed E-state index contributed by atoms with van der Waals surface area (Å²) in [6.07, 6.45) is -12.4. The molecule has 0 rings (SSSR count). The predicted molar refractivity (Wildman–Crippen MR) is 29.9 cm³/mol.